The normalized spacial score (nSPS) is 10.3. The molecule has 0 radical (unpaired) electrons. The Hall–Kier alpha value is -2.28. The summed E-state index contributed by atoms with van der Waals surface area (Å²) in [5.74, 6) is -0.193. The topological polar surface area (TPSA) is 76.3 Å². The lowest BCUT2D eigenvalue weighted by molar-refractivity contribution is -0.384. The molecule has 0 fully saturated rings. The minimum Gasteiger partial charge on any atom is -0.363 e. The fourth-order valence-electron chi connectivity index (χ4n) is 1.86. The Kier molecular flexibility index (Phi) is 4.09. The van der Waals surface area contributed by atoms with Crippen molar-refractivity contribution < 1.29 is 9.72 Å². The molecule has 104 valence electrons. The van der Waals surface area contributed by atoms with Crippen LogP contribution in [0.3, 0.4) is 0 Å². The molecule has 6 nitrogen and oxygen atoms in total. The van der Waals surface area contributed by atoms with Gasteiger partial charge >= 0.3 is 0 Å². The van der Waals surface area contributed by atoms with Gasteiger partial charge in [0.25, 0.3) is 5.69 Å². The van der Waals surface area contributed by atoms with Crippen LogP contribution in [0.15, 0.2) is 29.1 Å². The van der Waals surface area contributed by atoms with Gasteiger partial charge in [-0.05, 0) is 19.1 Å². The van der Waals surface area contributed by atoms with Crippen molar-refractivity contribution in [1.29, 1.82) is 0 Å². The largest absolute Gasteiger partial charge is 0.363 e. The summed E-state index contributed by atoms with van der Waals surface area (Å²) in [5, 5.41) is 13.1. The molecule has 0 aliphatic heterocycles. The zero-order valence-electron chi connectivity index (χ0n) is 11.1. The molecule has 1 aromatic heterocycles. The highest BCUT2D eigenvalue weighted by atomic mass is 32.1. The van der Waals surface area contributed by atoms with E-state index >= 15 is 0 Å². The van der Waals surface area contributed by atoms with Crippen LogP contribution in [0.1, 0.15) is 23.0 Å². The average molecular weight is 291 g/mol. The Bertz CT molecular complexity index is 640. The molecule has 0 atom stereocenters. The molecule has 0 spiro atoms. The molecule has 2 aromatic rings. The second-order valence-electron chi connectivity index (χ2n) is 4.35. The molecule has 20 heavy (non-hydrogen) atoms. The first kappa shape index (κ1) is 14.1. The molecule has 1 heterocycles. The highest BCUT2D eigenvalue weighted by Crippen LogP contribution is 2.29. The lowest BCUT2D eigenvalue weighted by Crippen LogP contribution is -2.18. The first-order valence-electron chi connectivity index (χ1n) is 5.86. The van der Waals surface area contributed by atoms with Crippen molar-refractivity contribution >= 4 is 28.5 Å². The summed E-state index contributed by atoms with van der Waals surface area (Å²) in [6.07, 6.45) is 0. The summed E-state index contributed by atoms with van der Waals surface area (Å²) >= 11 is 1.48. The Morgan fingerprint density at radius 3 is 2.80 bits per heavy atom. The van der Waals surface area contributed by atoms with Crippen LogP contribution in [0, 0.1) is 10.1 Å². The van der Waals surface area contributed by atoms with Crippen molar-refractivity contribution in [2.45, 2.75) is 13.5 Å². The molecular formula is C13H13N3O3S. The number of carbonyl (C=O) groups excluding carboxylic acids is 1. The second-order valence-corrected chi connectivity index (χ2v) is 5.07. The summed E-state index contributed by atoms with van der Waals surface area (Å²) < 4.78 is 0. The van der Waals surface area contributed by atoms with Crippen LogP contribution in [0.5, 0.6) is 0 Å². The number of benzene rings is 1. The van der Waals surface area contributed by atoms with E-state index in [0.29, 0.717) is 17.8 Å². The van der Waals surface area contributed by atoms with E-state index in [9.17, 15) is 14.9 Å². The van der Waals surface area contributed by atoms with Crippen LogP contribution in [-0.2, 0) is 6.54 Å². The Balaban J connectivity index is 2.35. The SMILES string of the molecule is CC(=O)c1ccc(N(C)Cc2cscn2)c([N+](=O)[O-])c1. The lowest BCUT2D eigenvalue weighted by atomic mass is 10.1. The number of aromatic nitrogens is 1. The number of Topliss-reactive ketones (excluding diaryl/α,β-unsaturated/α-hetero) is 1. The van der Waals surface area contributed by atoms with Crippen molar-refractivity contribution in [3.63, 3.8) is 0 Å². The van der Waals surface area contributed by atoms with Crippen LogP contribution >= 0.6 is 11.3 Å². The predicted molar refractivity (Wildman–Crippen MR) is 77.3 cm³/mol. The van der Waals surface area contributed by atoms with Crippen molar-refractivity contribution in [2.75, 3.05) is 11.9 Å². The molecule has 1 aromatic carbocycles. The van der Waals surface area contributed by atoms with Gasteiger partial charge in [0.15, 0.2) is 5.78 Å². The number of carbonyl (C=O) groups is 1. The van der Waals surface area contributed by atoms with Crippen LogP contribution < -0.4 is 4.90 Å². The van der Waals surface area contributed by atoms with E-state index in [1.165, 1.54) is 24.3 Å². The zero-order chi connectivity index (χ0) is 14.7. The van der Waals surface area contributed by atoms with E-state index in [0.717, 1.165) is 5.69 Å². The van der Waals surface area contributed by atoms with E-state index < -0.39 is 4.92 Å². The maximum absolute atomic E-state index is 11.3. The number of ketones is 1. The quantitative estimate of drug-likeness (QED) is 0.481. The Morgan fingerprint density at radius 2 is 2.25 bits per heavy atom. The molecular weight excluding hydrogens is 278 g/mol. The second kappa shape index (κ2) is 5.79. The van der Waals surface area contributed by atoms with Crippen LogP contribution in [0.4, 0.5) is 11.4 Å². The van der Waals surface area contributed by atoms with Crippen molar-refractivity contribution in [2.24, 2.45) is 0 Å². The summed E-state index contributed by atoms with van der Waals surface area (Å²) in [5.41, 5.74) is 3.30. The van der Waals surface area contributed by atoms with Gasteiger partial charge in [-0.15, -0.1) is 11.3 Å². The minimum atomic E-state index is -0.473. The summed E-state index contributed by atoms with van der Waals surface area (Å²) in [6.45, 7) is 1.86. The van der Waals surface area contributed by atoms with Gasteiger partial charge in [-0.3, -0.25) is 14.9 Å². The predicted octanol–water partition coefficient (Wildman–Crippen LogP) is 2.89. The molecule has 0 aliphatic carbocycles. The first-order valence-corrected chi connectivity index (χ1v) is 6.81. The monoisotopic (exact) mass is 291 g/mol. The van der Waals surface area contributed by atoms with Gasteiger partial charge in [0.05, 0.1) is 22.7 Å². The number of hydrogen-bond acceptors (Lipinski definition) is 6. The van der Waals surface area contributed by atoms with Crippen molar-refractivity contribution in [3.05, 3.63) is 50.5 Å². The summed E-state index contributed by atoms with van der Waals surface area (Å²) in [6, 6.07) is 4.51. The number of anilines is 1. The molecule has 0 saturated heterocycles. The van der Waals surface area contributed by atoms with Crippen LogP contribution in [0.2, 0.25) is 0 Å². The highest BCUT2D eigenvalue weighted by Gasteiger charge is 2.19. The van der Waals surface area contributed by atoms with E-state index in [1.54, 1.807) is 29.6 Å². The van der Waals surface area contributed by atoms with Gasteiger partial charge in [-0.1, -0.05) is 0 Å². The number of rotatable bonds is 5. The van der Waals surface area contributed by atoms with Crippen LogP contribution in [-0.4, -0.2) is 22.7 Å². The van der Waals surface area contributed by atoms with Crippen molar-refractivity contribution in [1.82, 2.24) is 4.98 Å². The van der Waals surface area contributed by atoms with Gasteiger partial charge in [0.2, 0.25) is 0 Å². The number of nitrogens with zero attached hydrogens (tertiary/aromatic N) is 3. The Labute approximate surface area is 119 Å². The smallest absolute Gasteiger partial charge is 0.293 e. The fraction of sp³-hybridized carbons (Fsp3) is 0.231. The summed E-state index contributed by atoms with van der Waals surface area (Å²) in [7, 11) is 1.76. The number of hydrogen-bond donors (Lipinski definition) is 0. The van der Waals surface area contributed by atoms with E-state index in [1.807, 2.05) is 5.38 Å². The third-order valence-corrected chi connectivity index (χ3v) is 3.51. The van der Waals surface area contributed by atoms with E-state index in [-0.39, 0.29) is 11.5 Å². The highest BCUT2D eigenvalue weighted by molar-refractivity contribution is 7.07. The van der Waals surface area contributed by atoms with Gasteiger partial charge in [0.1, 0.15) is 5.69 Å². The number of nitro groups is 1. The molecule has 0 saturated carbocycles. The van der Waals surface area contributed by atoms with Gasteiger partial charge in [0, 0.05) is 24.1 Å². The standard InChI is InChI=1S/C13H13N3O3S/c1-9(17)10-3-4-12(13(5-10)16(18)19)15(2)6-11-7-20-8-14-11/h3-5,7-8H,6H2,1-2H3. The molecule has 7 heteroatoms. The number of nitro benzene ring substituents is 1. The fourth-order valence-corrected chi connectivity index (χ4v) is 2.40. The van der Waals surface area contributed by atoms with Gasteiger partial charge < -0.3 is 4.90 Å². The third-order valence-electron chi connectivity index (χ3n) is 2.87. The van der Waals surface area contributed by atoms with Gasteiger partial charge in [-0.2, -0.15) is 0 Å². The molecule has 2 rings (SSSR count). The average Bonchev–Trinajstić information content (AvgIpc) is 2.90. The van der Waals surface area contributed by atoms with Crippen LogP contribution in [0.25, 0.3) is 0 Å². The van der Waals surface area contributed by atoms with Crippen molar-refractivity contribution in [3.8, 4) is 0 Å². The first-order chi connectivity index (χ1) is 9.49. The third kappa shape index (κ3) is 3.00. The molecule has 0 N–H and O–H groups in total. The maximum Gasteiger partial charge on any atom is 0.293 e. The molecule has 0 amide bonds. The molecule has 0 aliphatic rings. The number of thiazole rings is 1. The minimum absolute atomic E-state index is 0.0737. The maximum atomic E-state index is 11.3. The lowest BCUT2D eigenvalue weighted by Gasteiger charge is -2.18. The van der Waals surface area contributed by atoms with E-state index in [4.69, 9.17) is 0 Å². The zero-order valence-corrected chi connectivity index (χ0v) is 11.9. The summed E-state index contributed by atoms with van der Waals surface area (Å²) in [4.78, 5) is 27.9. The molecule has 0 unspecified atom stereocenters. The van der Waals surface area contributed by atoms with E-state index in [2.05, 4.69) is 4.98 Å². The Morgan fingerprint density at radius 1 is 1.50 bits per heavy atom. The molecule has 0 bridgehead atoms. The van der Waals surface area contributed by atoms with Gasteiger partial charge in [-0.25, -0.2) is 4.98 Å².